The Hall–Kier alpha value is -2.77. The second-order valence-electron chi connectivity index (χ2n) is 6.20. The first-order chi connectivity index (χ1) is 14.0. The quantitative estimate of drug-likeness (QED) is 0.479. The summed E-state index contributed by atoms with van der Waals surface area (Å²) >= 11 is 0.383. The molecular weight excluding hydrogens is 397 g/mol. The van der Waals surface area contributed by atoms with E-state index in [4.69, 9.17) is 0 Å². The minimum absolute atomic E-state index is 0.0510. The Bertz CT molecular complexity index is 936. The van der Waals surface area contributed by atoms with Gasteiger partial charge in [-0.1, -0.05) is 66.4 Å². The number of benzene rings is 3. The molecule has 150 valence electrons. The molecule has 3 aromatic carbocycles. The summed E-state index contributed by atoms with van der Waals surface area (Å²) in [5.41, 5.74) is 2.06. The van der Waals surface area contributed by atoms with Crippen molar-refractivity contribution in [1.29, 1.82) is 0 Å². The Morgan fingerprint density at radius 2 is 1.48 bits per heavy atom. The first kappa shape index (κ1) is 21.0. The topological polar surface area (TPSA) is 41.1 Å². The highest BCUT2D eigenvalue weighted by Gasteiger charge is 2.16. The van der Waals surface area contributed by atoms with Crippen LogP contribution in [0, 0.1) is 5.82 Å². The number of anilines is 1. The van der Waals surface area contributed by atoms with Crippen LogP contribution in [0.3, 0.4) is 0 Å². The van der Waals surface area contributed by atoms with Gasteiger partial charge in [0.15, 0.2) is 0 Å². The average Bonchev–Trinajstić information content (AvgIpc) is 2.71. The van der Waals surface area contributed by atoms with Crippen molar-refractivity contribution < 1.29 is 18.0 Å². The zero-order chi connectivity index (χ0) is 20.6. The molecule has 0 aliphatic heterocycles. The molecule has 0 bridgehead atoms. The number of thioether (sulfide) groups is 1. The third-order valence-electron chi connectivity index (χ3n) is 4.18. The summed E-state index contributed by atoms with van der Waals surface area (Å²) in [4.78, 5) is 12.7. The molecule has 3 rings (SSSR count). The van der Waals surface area contributed by atoms with Crippen LogP contribution >= 0.6 is 11.8 Å². The van der Waals surface area contributed by atoms with Crippen molar-refractivity contribution in [1.82, 2.24) is 5.32 Å². The molecule has 0 aliphatic rings. The van der Waals surface area contributed by atoms with Gasteiger partial charge in [-0.2, -0.15) is 8.78 Å². The van der Waals surface area contributed by atoms with Gasteiger partial charge >= 0.3 is 0 Å². The molecule has 0 aromatic heterocycles. The predicted octanol–water partition coefficient (Wildman–Crippen LogP) is 5.46. The van der Waals surface area contributed by atoms with E-state index < -0.39 is 5.76 Å². The normalized spacial score (nSPS) is 12.0. The van der Waals surface area contributed by atoms with Crippen LogP contribution in [-0.2, 0) is 4.79 Å². The highest BCUT2D eigenvalue weighted by Crippen LogP contribution is 2.31. The summed E-state index contributed by atoms with van der Waals surface area (Å²) in [6.45, 7) is -0.0510. The van der Waals surface area contributed by atoms with Crippen LogP contribution in [0.15, 0.2) is 83.8 Å². The molecule has 1 unspecified atom stereocenters. The maximum absolute atomic E-state index is 13.3. The lowest BCUT2D eigenvalue weighted by atomic mass is 9.98. The van der Waals surface area contributed by atoms with Gasteiger partial charge in [-0.25, -0.2) is 4.39 Å². The summed E-state index contributed by atoms with van der Waals surface area (Å²) < 4.78 is 38.7. The summed E-state index contributed by atoms with van der Waals surface area (Å²) in [5, 5.41) is 5.83. The lowest BCUT2D eigenvalue weighted by Gasteiger charge is -2.20. The molecule has 3 nitrogen and oxygen atoms in total. The fourth-order valence-electron chi connectivity index (χ4n) is 2.89. The fraction of sp³-hybridized carbons (Fsp3) is 0.136. The number of alkyl halides is 2. The van der Waals surface area contributed by atoms with Gasteiger partial charge in [-0.15, -0.1) is 0 Å². The van der Waals surface area contributed by atoms with E-state index in [1.807, 2.05) is 30.3 Å². The minimum atomic E-state index is -2.58. The van der Waals surface area contributed by atoms with Gasteiger partial charge in [0.25, 0.3) is 5.76 Å². The lowest BCUT2D eigenvalue weighted by molar-refractivity contribution is -0.115. The van der Waals surface area contributed by atoms with Gasteiger partial charge in [0.1, 0.15) is 5.82 Å². The number of amides is 1. The van der Waals surface area contributed by atoms with Gasteiger partial charge in [0.2, 0.25) is 5.91 Å². The molecule has 1 amide bonds. The molecule has 0 radical (unpaired) electrons. The van der Waals surface area contributed by atoms with E-state index >= 15 is 0 Å². The Morgan fingerprint density at radius 3 is 2.17 bits per heavy atom. The molecule has 7 heteroatoms. The summed E-state index contributed by atoms with van der Waals surface area (Å²) in [6.07, 6.45) is 0. The van der Waals surface area contributed by atoms with E-state index in [0.717, 1.165) is 11.1 Å². The number of rotatable bonds is 8. The first-order valence-corrected chi connectivity index (χ1v) is 9.78. The molecule has 0 heterocycles. The van der Waals surface area contributed by atoms with Crippen molar-refractivity contribution in [3.8, 4) is 0 Å². The average molecular weight is 416 g/mol. The molecule has 0 spiro atoms. The van der Waals surface area contributed by atoms with Crippen molar-refractivity contribution in [3.05, 3.63) is 95.8 Å². The number of nitrogens with one attached hydrogen (secondary N) is 2. The van der Waals surface area contributed by atoms with E-state index in [0.29, 0.717) is 22.3 Å². The van der Waals surface area contributed by atoms with E-state index in [2.05, 4.69) is 10.6 Å². The molecule has 29 heavy (non-hydrogen) atoms. The van der Waals surface area contributed by atoms with Crippen LogP contribution in [0.5, 0.6) is 0 Å². The summed E-state index contributed by atoms with van der Waals surface area (Å²) in [5.74, 6) is -3.28. The molecule has 0 saturated carbocycles. The second-order valence-corrected chi connectivity index (χ2v) is 7.23. The Balaban J connectivity index is 1.71. The SMILES string of the molecule is O=C(CNC(c1ccccc1)c1ccc(F)cc1)Nc1ccccc1SC(F)F. The number of carbonyl (C=O) groups is 1. The number of halogens is 3. The van der Waals surface area contributed by atoms with Crippen LogP contribution < -0.4 is 10.6 Å². The Morgan fingerprint density at radius 1 is 0.862 bits per heavy atom. The van der Waals surface area contributed by atoms with Gasteiger partial charge in [-0.3, -0.25) is 10.1 Å². The first-order valence-electron chi connectivity index (χ1n) is 8.90. The van der Waals surface area contributed by atoms with Crippen LogP contribution in [0.1, 0.15) is 17.2 Å². The molecule has 0 fully saturated rings. The monoisotopic (exact) mass is 416 g/mol. The molecule has 2 N–H and O–H groups in total. The Labute approximate surface area is 171 Å². The smallest absolute Gasteiger partial charge is 0.288 e. The largest absolute Gasteiger partial charge is 0.324 e. The van der Waals surface area contributed by atoms with Crippen molar-refractivity contribution in [2.45, 2.75) is 16.7 Å². The number of hydrogen-bond donors (Lipinski definition) is 2. The number of carbonyl (C=O) groups excluding carboxylic acids is 1. The van der Waals surface area contributed by atoms with Crippen molar-refractivity contribution in [2.75, 3.05) is 11.9 Å². The number of para-hydroxylation sites is 1. The molecule has 3 aromatic rings. The van der Waals surface area contributed by atoms with Gasteiger partial charge in [0.05, 0.1) is 18.3 Å². The van der Waals surface area contributed by atoms with Gasteiger partial charge in [0, 0.05) is 4.90 Å². The third-order valence-corrected chi connectivity index (χ3v) is 4.97. The van der Waals surface area contributed by atoms with E-state index in [-0.39, 0.29) is 24.3 Å². The zero-order valence-electron chi connectivity index (χ0n) is 15.3. The predicted molar refractivity (Wildman–Crippen MR) is 110 cm³/mol. The molecule has 0 aliphatic carbocycles. The number of hydrogen-bond acceptors (Lipinski definition) is 3. The van der Waals surface area contributed by atoms with E-state index in [9.17, 15) is 18.0 Å². The van der Waals surface area contributed by atoms with Crippen molar-refractivity contribution in [2.24, 2.45) is 0 Å². The zero-order valence-corrected chi connectivity index (χ0v) is 16.1. The summed E-state index contributed by atoms with van der Waals surface area (Å²) in [6, 6.07) is 21.6. The van der Waals surface area contributed by atoms with Crippen LogP contribution in [0.2, 0.25) is 0 Å². The summed E-state index contributed by atoms with van der Waals surface area (Å²) in [7, 11) is 0. The maximum Gasteiger partial charge on any atom is 0.288 e. The van der Waals surface area contributed by atoms with Crippen molar-refractivity contribution >= 4 is 23.4 Å². The highest BCUT2D eigenvalue weighted by molar-refractivity contribution is 7.99. The molecule has 0 saturated heterocycles. The standard InChI is InChI=1S/C22H19F3N2OS/c23-17-12-10-16(11-13-17)21(15-6-2-1-3-7-15)26-14-20(28)27-18-8-4-5-9-19(18)29-22(24)25/h1-13,21-22,26H,14H2,(H,27,28). The highest BCUT2D eigenvalue weighted by atomic mass is 32.2. The molecule has 1 atom stereocenters. The lowest BCUT2D eigenvalue weighted by Crippen LogP contribution is -2.32. The minimum Gasteiger partial charge on any atom is -0.324 e. The van der Waals surface area contributed by atoms with Gasteiger partial charge in [-0.05, 0) is 35.4 Å². The third kappa shape index (κ3) is 6.10. The van der Waals surface area contributed by atoms with E-state index in [1.165, 1.54) is 18.2 Å². The van der Waals surface area contributed by atoms with Crippen LogP contribution in [0.25, 0.3) is 0 Å². The Kier molecular flexibility index (Phi) is 7.32. The second kappa shape index (κ2) is 10.1. The van der Waals surface area contributed by atoms with E-state index in [1.54, 1.807) is 30.3 Å². The van der Waals surface area contributed by atoms with Crippen LogP contribution in [-0.4, -0.2) is 18.2 Å². The van der Waals surface area contributed by atoms with Crippen molar-refractivity contribution in [3.63, 3.8) is 0 Å². The maximum atomic E-state index is 13.3. The molecular formula is C22H19F3N2OS. The fourth-order valence-corrected chi connectivity index (χ4v) is 3.48. The van der Waals surface area contributed by atoms with Crippen LogP contribution in [0.4, 0.5) is 18.9 Å². The van der Waals surface area contributed by atoms with Gasteiger partial charge < -0.3 is 5.32 Å².